The van der Waals surface area contributed by atoms with Gasteiger partial charge in [0.25, 0.3) is 0 Å². The minimum atomic E-state index is 0.391. The van der Waals surface area contributed by atoms with Crippen LogP contribution in [0.3, 0.4) is 0 Å². The Kier molecular flexibility index (Phi) is 9.81. The second-order valence-corrected chi connectivity index (χ2v) is 8.19. The summed E-state index contributed by atoms with van der Waals surface area (Å²) in [6.45, 7) is 14.5. The summed E-state index contributed by atoms with van der Waals surface area (Å²) >= 11 is 2.56. The molecule has 2 rings (SSSR count). The number of hydrogen-bond acceptors (Lipinski definition) is 2. The number of rotatable bonds is 11. The van der Waals surface area contributed by atoms with Gasteiger partial charge in [0, 0.05) is 10.3 Å². The standard InChI is InChI=1S/C26H37IO2/c1-7-18-15-25(28-11-5)20(9-3)13-22(18)24(17-27)23-14-21(10-4)26(29-12-6)16-19(23)8-2/h13-16,24H,7-12,17H2,1-6H3. The molecular formula is C26H37IO2. The second-order valence-electron chi connectivity index (χ2n) is 7.30. The molecule has 2 aromatic carbocycles. The summed E-state index contributed by atoms with van der Waals surface area (Å²) in [5.41, 5.74) is 8.36. The highest BCUT2D eigenvalue weighted by Crippen LogP contribution is 2.38. The fourth-order valence-corrected chi connectivity index (χ4v) is 5.05. The molecule has 0 fully saturated rings. The monoisotopic (exact) mass is 508 g/mol. The Labute approximate surface area is 191 Å². The Bertz CT molecular complexity index is 732. The highest BCUT2D eigenvalue weighted by Gasteiger charge is 2.22. The smallest absolute Gasteiger partial charge is 0.122 e. The molecule has 0 amide bonds. The van der Waals surface area contributed by atoms with Crippen molar-refractivity contribution in [3.05, 3.63) is 57.6 Å². The van der Waals surface area contributed by atoms with Crippen molar-refractivity contribution in [1.29, 1.82) is 0 Å². The molecule has 0 heterocycles. The first-order chi connectivity index (χ1) is 14.1. The van der Waals surface area contributed by atoms with E-state index < -0.39 is 0 Å². The molecule has 0 unspecified atom stereocenters. The summed E-state index contributed by atoms with van der Waals surface area (Å²) in [4.78, 5) is 0. The van der Waals surface area contributed by atoms with E-state index >= 15 is 0 Å². The van der Waals surface area contributed by atoms with Gasteiger partial charge in [-0.2, -0.15) is 0 Å². The molecule has 2 nitrogen and oxygen atoms in total. The van der Waals surface area contributed by atoms with E-state index in [2.05, 4.69) is 88.4 Å². The van der Waals surface area contributed by atoms with Gasteiger partial charge >= 0.3 is 0 Å². The molecule has 0 spiro atoms. The van der Waals surface area contributed by atoms with E-state index in [1.807, 2.05) is 0 Å². The van der Waals surface area contributed by atoms with Crippen molar-refractivity contribution < 1.29 is 9.47 Å². The number of benzene rings is 2. The zero-order valence-electron chi connectivity index (χ0n) is 19.0. The lowest BCUT2D eigenvalue weighted by Crippen LogP contribution is -2.12. The number of halogens is 1. The van der Waals surface area contributed by atoms with Crippen LogP contribution in [0.4, 0.5) is 0 Å². The van der Waals surface area contributed by atoms with Crippen molar-refractivity contribution in [2.24, 2.45) is 0 Å². The van der Waals surface area contributed by atoms with Crippen LogP contribution in [-0.4, -0.2) is 17.6 Å². The van der Waals surface area contributed by atoms with E-state index in [-0.39, 0.29) is 0 Å². The molecule has 3 heteroatoms. The van der Waals surface area contributed by atoms with Gasteiger partial charge in [-0.25, -0.2) is 0 Å². The Morgan fingerprint density at radius 1 is 0.621 bits per heavy atom. The predicted octanol–water partition coefficient (Wildman–Crippen LogP) is 7.30. The van der Waals surface area contributed by atoms with E-state index in [9.17, 15) is 0 Å². The second kappa shape index (κ2) is 11.8. The Hall–Kier alpha value is -1.23. The van der Waals surface area contributed by atoms with Crippen molar-refractivity contribution in [3.63, 3.8) is 0 Å². The van der Waals surface area contributed by atoms with E-state index in [1.165, 1.54) is 33.4 Å². The first-order valence-electron chi connectivity index (χ1n) is 11.2. The van der Waals surface area contributed by atoms with Crippen LogP contribution in [0.5, 0.6) is 11.5 Å². The molecule has 0 saturated carbocycles. The molecule has 0 bridgehead atoms. The van der Waals surface area contributed by atoms with Gasteiger partial charge in [0.2, 0.25) is 0 Å². The normalized spacial score (nSPS) is 11.2. The summed E-state index contributed by atoms with van der Waals surface area (Å²) in [5.74, 6) is 2.50. The average molecular weight is 508 g/mol. The summed E-state index contributed by atoms with van der Waals surface area (Å²) in [6.07, 6.45) is 4.02. The van der Waals surface area contributed by atoms with Crippen LogP contribution in [0.1, 0.15) is 80.8 Å². The largest absolute Gasteiger partial charge is 0.494 e. The lowest BCUT2D eigenvalue weighted by Gasteiger charge is -2.25. The Balaban J connectivity index is 2.66. The number of alkyl halides is 1. The van der Waals surface area contributed by atoms with E-state index in [4.69, 9.17) is 9.47 Å². The maximum Gasteiger partial charge on any atom is 0.122 e. The minimum absolute atomic E-state index is 0.391. The molecule has 2 aromatic rings. The van der Waals surface area contributed by atoms with E-state index in [1.54, 1.807) is 0 Å². The van der Waals surface area contributed by atoms with Crippen molar-refractivity contribution in [3.8, 4) is 11.5 Å². The molecular weight excluding hydrogens is 471 g/mol. The van der Waals surface area contributed by atoms with Crippen LogP contribution in [0.25, 0.3) is 0 Å². The molecule has 0 N–H and O–H groups in total. The third-order valence-electron chi connectivity index (χ3n) is 5.67. The highest BCUT2D eigenvalue weighted by atomic mass is 127. The van der Waals surface area contributed by atoms with Crippen molar-refractivity contribution >= 4 is 22.6 Å². The van der Waals surface area contributed by atoms with Crippen LogP contribution in [0, 0.1) is 0 Å². The van der Waals surface area contributed by atoms with Crippen molar-refractivity contribution in [1.82, 2.24) is 0 Å². The number of hydrogen-bond donors (Lipinski definition) is 0. The molecule has 0 aliphatic carbocycles. The van der Waals surface area contributed by atoms with Crippen molar-refractivity contribution in [2.45, 2.75) is 73.1 Å². The van der Waals surface area contributed by atoms with E-state index in [0.717, 1.165) is 41.6 Å². The van der Waals surface area contributed by atoms with Gasteiger partial charge in [-0.1, -0.05) is 62.4 Å². The molecule has 0 aliphatic rings. The quantitative estimate of drug-likeness (QED) is 0.234. The van der Waals surface area contributed by atoms with Crippen LogP contribution in [0.2, 0.25) is 0 Å². The van der Waals surface area contributed by atoms with Gasteiger partial charge in [0.1, 0.15) is 11.5 Å². The van der Waals surface area contributed by atoms with Crippen LogP contribution >= 0.6 is 22.6 Å². The summed E-state index contributed by atoms with van der Waals surface area (Å²) in [5, 5.41) is 0. The van der Waals surface area contributed by atoms with Gasteiger partial charge in [0.05, 0.1) is 13.2 Å². The lowest BCUT2D eigenvalue weighted by molar-refractivity contribution is 0.336. The topological polar surface area (TPSA) is 18.5 Å². The third-order valence-corrected chi connectivity index (χ3v) is 6.55. The van der Waals surface area contributed by atoms with Gasteiger partial charge in [0.15, 0.2) is 0 Å². The highest BCUT2D eigenvalue weighted by molar-refractivity contribution is 14.1. The van der Waals surface area contributed by atoms with Crippen LogP contribution in [0.15, 0.2) is 24.3 Å². The molecule has 160 valence electrons. The summed E-state index contributed by atoms with van der Waals surface area (Å²) < 4.78 is 13.0. The summed E-state index contributed by atoms with van der Waals surface area (Å²) in [7, 11) is 0. The number of aryl methyl sites for hydroxylation is 4. The fraction of sp³-hybridized carbons (Fsp3) is 0.538. The third kappa shape index (κ3) is 5.48. The molecule has 0 saturated heterocycles. The van der Waals surface area contributed by atoms with Gasteiger partial charge in [-0.05, 0) is 85.0 Å². The maximum absolute atomic E-state index is 5.95. The number of ether oxygens (including phenoxy) is 2. The van der Waals surface area contributed by atoms with Crippen LogP contribution in [-0.2, 0) is 25.7 Å². The first-order valence-corrected chi connectivity index (χ1v) is 12.7. The van der Waals surface area contributed by atoms with Gasteiger partial charge in [-0.15, -0.1) is 0 Å². The predicted molar refractivity (Wildman–Crippen MR) is 133 cm³/mol. The summed E-state index contributed by atoms with van der Waals surface area (Å²) in [6, 6.07) is 9.40. The molecule has 0 atom stereocenters. The zero-order chi connectivity index (χ0) is 21.4. The molecule has 0 radical (unpaired) electrons. The average Bonchev–Trinajstić information content (AvgIpc) is 2.75. The SMILES string of the molecule is CCOc1cc(CC)c(C(CI)c2cc(CC)c(OCC)cc2CC)cc1CC. The van der Waals surface area contributed by atoms with Crippen LogP contribution < -0.4 is 9.47 Å². The van der Waals surface area contributed by atoms with Gasteiger partial charge < -0.3 is 9.47 Å². The fourth-order valence-electron chi connectivity index (χ4n) is 4.10. The molecule has 29 heavy (non-hydrogen) atoms. The maximum atomic E-state index is 5.95. The Morgan fingerprint density at radius 2 is 1.00 bits per heavy atom. The molecule has 0 aromatic heterocycles. The zero-order valence-corrected chi connectivity index (χ0v) is 21.2. The Morgan fingerprint density at radius 3 is 1.28 bits per heavy atom. The lowest BCUT2D eigenvalue weighted by atomic mass is 9.83. The van der Waals surface area contributed by atoms with E-state index in [0.29, 0.717) is 19.1 Å². The van der Waals surface area contributed by atoms with Gasteiger partial charge in [-0.3, -0.25) is 0 Å². The minimum Gasteiger partial charge on any atom is -0.494 e. The first kappa shape index (κ1) is 24.0. The van der Waals surface area contributed by atoms with Crippen molar-refractivity contribution in [2.75, 3.05) is 17.6 Å². The molecule has 0 aliphatic heterocycles.